The van der Waals surface area contributed by atoms with Crippen LogP contribution in [0, 0.1) is 5.92 Å². The highest BCUT2D eigenvalue weighted by Crippen LogP contribution is 2.49. The minimum atomic E-state index is -0.591. The normalized spacial score (nSPS) is 18.2. The summed E-state index contributed by atoms with van der Waals surface area (Å²) in [5.74, 6) is -0.144. The highest BCUT2D eigenvalue weighted by molar-refractivity contribution is 9.10. The van der Waals surface area contributed by atoms with Gasteiger partial charge < -0.3 is 4.84 Å². The van der Waals surface area contributed by atoms with Crippen molar-refractivity contribution >= 4 is 62.4 Å². The SMILES string of the molecule is O=C(O/N=C(/c1ccc(Br)cc1)[C@@H]1C[C@H]1c1ccc(Cl)cc1)c1ccc(Cl)c(Cl)c1. The van der Waals surface area contributed by atoms with Crippen LogP contribution in [0.2, 0.25) is 15.1 Å². The van der Waals surface area contributed by atoms with E-state index in [0.29, 0.717) is 16.0 Å². The Morgan fingerprint density at radius 2 is 1.57 bits per heavy atom. The maximum absolute atomic E-state index is 12.5. The topological polar surface area (TPSA) is 38.7 Å². The fourth-order valence-corrected chi connectivity index (χ4v) is 3.99. The molecule has 30 heavy (non-hydrogen) atoms. The molecule has 1 saturated carbocycles. The van der Waals surface area contributed by atoms with Crippen molar-refractivity contribution in [2.24, 2.45) is 11.1 Å². The zero-order chi connectivity index (χ0) is 21.3. The van der Waals surface area contributed by atoms with E-state index < -0.39 is 5.97 Å². The van der Waals surface area contributed by atoms with E-state index in [0.717, 1.165) is 22.2 Å². The van der Waals surface area contributed by atoms with Gasteiger partial charge in [-0.2, -0.15) is 0 Å². The van der Waals surface area contributed by atoms with Crippen molar-refractivity contribution in [3.63, 3.8) is 0 Å². The Bertz CT molecular complexity index is 1110. The summed E-state index contributed by atoms with van der Waals surface area (Å²) in [6, 6.07) is 20.2. The van der Waals surface area contributed by atoms with E-state index in [1.54, 1.807) is 12.1 Å². The van der Waals surface area contributed by atoms with Crippen molar-refractivity contribution in [2.45, 2.75) is 12.3 Å². The first-order chi connectivity index (χ1) is 14.4. The summed E-state index contributed by atoms with van der Waals surface area (Å²) in [6.45, 7) is 0. The van der Waals surface area contributed by atoms with Gasteiger partial charge in [-0.1, -0.05) is 80.2 Å². The molecule has 152 valence electrons. The van der Waals surface area contributed by atoms with Crippen LogP contribution in [0.15, 0.2) is 76.4 Å². The molecule has 0 heterocycles. The lowest BCUT2D eigenvalue weighted by atomic mass is 10.0. The maximum Gasteiger partial charge on any atom is 0.365 e. The molecule has 3 aromatic carbocycles. The van der Waals surface area contributed by atoms with Crippen molar-refractivity contribution in [1.82, 2.24) is 0 Å². The van der Waals surface area contributed by atoms with Gasteiger partial charge in [0.05, 0.1) is 21.3 Å². The highest BCUT2D eigenvalue weighted by Gasteiger charge is 2.43. The second kappa shape index (κ2) is 9.11. The Labute approximate surface area is 197 Å². The fraction of sp³-hybridized carbons (Fsp3) is 0.130. The van der Waals surface area contributed by atoms with Gasteiger partial charge in [0.15, 0.2) is 0 Å². The second-order valence-electron chi connectivity index (χ2n) is 6.99. The molecule has 1 aliphatic carbocycles. The molecule has 1 aliphatic rings. The number of halogens is 4. The van der Waals surface area contributed by atoms with Crippen LogP contribution < -0.4 is 0 Å². The molecule has 0 aromatic heterocycles. The van der Waals surface area contributed by atoms with Gasteiger partial charge in [0.1, 0.15) is 0 Å². The van der Waals surface area contributed by atoms with Gasteiger partial charge >= 0.3 is 5.97 Å². The third-order valence-electron chi connectivity index (χ3n) is 4.96. The summed E-state index contributed by atoms with van der Waals surface area (Å²) in [7, 11) is 0. The number of carbonyl (C=O) groups is 1. The second-order valence-corrected chi connectivity index (χ2v) is 9.16. The molecule has 7 heteroatoms. The van der Waals surface area contributed by atoms with Crippen molar-refractivity contribution in [3.05, 3.63) is 103 Å². The summed E-state index contributed by atoms with van der Waals surface area (Å²) in [4.78, 5) is 17.8. The molecule has 0 amide bonds. The quantitative estimate of drug-likeness (QED) is 0.195. The van der Waals surface area contributed by atoms with Gasteiger partial charge in [0.2, 0.25) is 0 Å². The molecule has 4 rings (SSSR count). The summed E-state index contributed by atoms with van der Waals surface area (Å²) in [5.41, 5.74) is 3.11. The summed E-state index contributed by atoms with van der Waals surface area (Å²) in [6.07, 6.45) is 0.918. The maximum atomic E-state index is 12.5. The van der Waals surface area contributed by atoms with Crippen LogP contribution in [-0.4, -0.2) is 11.7 Å². The van der Waals surface area contributed by atoms with Crippen LogP contribution in [0.4, 0.5) is 0 Å². The van der Waals surface area contributed by atoms with Crippen LogP contribution in [0.25, 0.3) is 0 Å². The van der Waals surface area contributed by atoms with Crippen LogP contribution in [0.5, 0.6) is 0 Å². The monoisotopic (exact) mass is 521 g/mol. The third kappa shape index (κ3) is 4.89. The van der Waals surface area contributed by atoms with Gasteiger partial charge in [-0.15, -0.1) is 0 Å². The lowest BCUT2D eigenvalue weighted by Crippen LogP contribution is -2.09. The lowest BCUT2D eigenvalue weighted by molar-refractivity contribution is 0.0515. The average Bonchev–Trinajstić information content (AvgIpc) is 3.52. The number of benzene rings is 3. The van der Waals surface area contributed by atoms with E-state index >= 15 is 0 Å². The largest absolute Gasteiger partial charge is 0.365 e. The summed E-state index contributed by atoms with van der Waals surface area (Å²) >= 11 is 21.4. The molecule has 3 nitrogen and oxygen atoms in total. The first-order valence-corrected chi connectivity index (χ1v) is 11.1. The Morgan fingerprint density at radius 3 is 2.23 bits per heavy atom. The Balaban J connectivity index is 1.59. The summed E-state index contributed by atoms with van der Waals surface area (Å²) < 4.78 is 0.962. The van der Waals surface area contributed by atoms with Crippen LogP contribution >= 0.6 is 50.7 Å². The molecule has 0 bridgehead atoms. The van der Waals surface area contributed by atoms with E-state index in [1.807, 2.05) is 48.5 Å². The molecule has 0 spiro atoms. The number of rotatable bonds is 5. The first kappa shape index (κ1) is 21.4. The fourth-order valence-electron chi connectivity index (χ4n) is 3.30. The predicted octanol–water partition coefficient (Wildman–Crippen LogP) is 7.77. The van der Waals surface area contributed by atoms with Crippen molar-refractivity contribution in [1.29, 1.82) is 0 Å². The van der Waals surface area contributed by atoms with Crippen LogP contribution in [0.1, 0.15) is 33.8 Å². The van der Waals surface area contributed by atoms with Crippen molar-refractivity contribution in [2.75, 3.05) is 0 Å². The zero-order valence-electron chi connectivity index (χ0n) is 15.5. The first-order valence-electron chi connectivity index (χ1n) is 9.18. The van der Waals surface area contributed by atoms with Gasteiger partial charge in [0.25, 0.3) is 0 Å². The average molecular weight is 524 g/mol. The predicted molar refractivity (Wildman–Crippen MR) is 125 cm³/mol. The molecule has 0 aliphatic heterocycles. The van der Waals surface area contributed by atoms with Gasteiger partial charge in [-0.3, -0.25) is 0 Å². The number of hydrogen-bond acceptors (Lipinski definition) is 3. The van der Waals surface area contributed by atoms with E-state index in [4.69, 9.17) is 39.6 Å². The van der Waals surface area contributed by atoms with E-state index in [9.17, 15) is 4.79 Å². The van der Waals surface area contributed by atoms with Crippen molar-refractivity contribution < 1.29 is 9.63 Å². The molecule has 3 aromatic rings. The highest BCUT2D eigenvalue weighted by atomic mass is 79.9. The Kier molecular flexibility index (Phi) is 6.49. The molecule has 1 fully saturated rings. The van der Waals surface area contributed by atoms with Crippen LogP contribution in [-0.2, 0) is 4.84 Å². The Morgan fingerprint density at radius 1 is 0.900 bits per heavy atom. The van der Waals surface area contributed by atoms with Gasteiger partial charge in [0, 0.05) is 15.4 Å². The molecule has 0 saturated heterocycles. The zero-order valence-corrected chi connectivity index (χ0v) is 19.3. The van der Waals surface area contributed by atoms with E-state index in [1.165, 1.54) is 11.6 Å². The molecule has 0 radical (unpaired) electrons. The minimum Gasteiger partial charge on any atom is -0.313 e. The number of oxime groups is 1. The molecular weight excluding hydrogens is 509 g/mol. The molecule has 0 N–H and O–H groups in total. The number of hydrogen-bond donors (Lipinski definition) is 0. The van der Waals surface area contributed by atoms with E-state index in [-0.39, 0.29) is 16.5 Å². The molecule has 0 unspecified atom stereocenters. The lowest BCUT2D eigenvalue weighted by Gasteiger charge is -2.08. The van der Waals surface area contributed by atoms with Crippen LogP contribution in [0.3, 0.4) is 0 Å². The number of nitrogens with zero attached hydrogens (tertiary/aromatic N) is 1. The van der Waals surface area contributed by atoms with Crippen molar-refractivity contribution in [3.8, 4) is 0 Å². The third-order valence-corrected chi connectivity index (χ3v) is 6.48. The molecular formula is C23H15BrCl3NO2. The smallest absolute Gasteiger partial charge is 0.313 e. The minimum absolute atomic E-state index is 0.147. The standard InChI is InChI=1S/C23H15BrCl3NO2/c24-16-6-1-14(2-7-16)22(19-12-18(19)13-3-8-17(25)9-4-13)28-30-23(29)15-5-10-20(26)21(27)11-15/h1-11,18-19H,12H2/b28-22-/t18-,19+/m0/s1. The van der Waals surface area contributed by atoms with Gasteiger partial charge in [-0.25, -0.2) is 4.79 Å². The molecule has 2 atom stereocenters. The number of carbonyl (C=O) groups excluding carboxylic acids is 1. The van der Waals surface area contributed by atoms with Gasteiger partial charge in [-0.05, 0) is 65.9 Å². The summed E-state index contributed by atoms with van der Waals surface area (Å²) in [5, 5.41) is 5.62. The van der Waals surface area contributed by atoms with E-state index in [2.05, 4.69) is 21.1 Å². The Hall–Kier alpha value is -1.85.